The van der Waals surface area contributed by atoms with E-state index in [9.17, 15) is 8.42 Å². The normalized spacial score (nSPS) is 11.7. The molecule has 0 atom stereocenters. The summed E-state index contributed by atoms with van der Waals surface area (Å²) >= 11 is 0. The van der Waals surface area contributed by atoms with Gasteiger partial charge in [0.15, 0.2) is 11.5 Å². The SMILES string of the molecule is Cc1nc2cc(S(=O)(=O)Nc3ccccc3C)ccc2o1. The van der Waals surface area contributed by atoms with Crippen LogP contribution in [0.1, 0.15) is 11.5 Å². The van der Waals surface area contributed by atoms with Gasteiger partial charge in [0.05, 0.1) is 10.6 Å². The molecule has 1 heterocycles. The Morgan fingerprint density at radius 3 is 2.62 bits per heavy atom. The maximum Gasteiger partial charge on any atom is 0.261 e. The van der Waals surface area contributed by atoms with Crippen molar-refractivity contribution in [2.75, 3.05) is 4.72 Å². The first-order valence-corrected chi connectivity index (χ1v) is 7.90. The summed E-state index contributed by atoms with van der Waals surface area (Å²) in [7, 11) is -3.65. The number of hydrogen-bond acceptors (Lipinski definition) is 4. The van der Waals surface area contributed by atoms with Gasteiger partial charge in [-0.05, 0) is 36.8 Å². The van der Waals surface area contributed by atoms with Crippen molar-refractivity contribution in [2.24, 2.45) is 0 Å². The van der Waals surface area contributed by atoms with Crippen LogP contribution in [-0.4, -0.2) is 13.4 Å². The number of benzene rings is 2. The molecule has 2 aromatic carbocycles. The number of nitrogens with zero attached hydrogens (tertiary/aromatic N) is 1. The van der Waals surface area contributed by atoms with Crippen molar-refractivity contribution in [3.8, 4) is 0 Å². The van der Waals surface area contributed by atoms with Crippen LogP contribution in [0.3, 0.4) is 0 Å². The van der Waals surface area contributed by atoms with Gasteiger partial charge in [0.25, 0.3) is 10.0 Å². The molecule has 3 aromatic rings. The Hall–Kier alpha value is -2.34. The van der Waals surface area contributed by atoms with Gasteiger partial charge in [-0.15, -0.1) is 0 Å². The second kappa shape index (κ2) is 4.89. The standard InChI is InChI=1S/C15H14N2O3S/c1-10-5-3-4-6-13(10)17-21(18,19)12-7-8-15-14(9-12)16-11(2)20-15/h3-9,17H,1-2H3. The Morgan fingerprint density at radius 2 is 1.86 bits per heavy atom. The van der Waals surface area contributed by atoms with Gasteiger partial charge in [-0.25, -0.2) is 13.4 Å². The van der Waals surface area contributed by atoms with Crippen LogP contribution in [0, 0.1) is 13.8 Å². The molecular weight excluding hydrogens is 288 g/mol. The zero-order valence-corrected chi connectivity index (χ0v) is 12.4. The molecule has 21 heavy (non-hydrogen) atoms. The summed E-state index contributed by atoms with van der Waals surface area (Å²) in [5.74, 6) is 0.506. The monoisotopic (exact) mass is 302 g/mol. The van der Waals surface area contributed by atoms with E-state index in [1.54, 1.807) is 25.1 Å². The summed E-state index contributed by atoms with van der Waals surface area (Å²) in [6, 6.07) is 11.8. The molecule has 3 rings (SSSR count). The van der Waals surface area contributed by atoms with E-state index in [0.717, 1.165) is 5.56 Å². The predicted molar refractivity (Wildman–Crippen MR) is 80.7 cm³/mol. The maximum atomic E-state index is 12.4. The fourth-order valence-electron chi connectivity index (χ4n) is 2.08. The van der Waals surface area contributed by atoms with E-state index < -0.39 is 10.0 Å². The fourth-order valence-corrected chi connectivity index (χ4v) is 3.23. The predicted octanol–water partition coefficient (Wildman–Crippen LogP) is 3.25. The van der Waals surface area contributed by atoms with Crippen molar-refractivity contribution >= 4 is 26.8 Å². The number of para-hydroxylation sites is 1. The lowest BCUT2D eigenvalue weighted by Crippen LogP contribution is -2.13. The van der Waals surface area contributed by atoms with Crippen LogP contribution in [-0.2, 0) is 10.0 Å². The van der Waals surface area contributed by atoms with Gasteiger partial charge in [-0.2, -0.15) is 0 Å². The van der Waals surface area contributed by atoms with Gasteiger partial charge >= 0.3 is 0 Å². The van der Waals surface area contributed by atoms with Crippen LogP contribution in [0.25, 0.3) is 11.1 Å². The topological polar surface area (TPSA) is 72.2 Å². The van der Waals surface area contributed by atoms with Crippen molar-refractivity contribution in [2.45, 2.75) is 18.7 Å². The Bertz CT molecular complexity index is 914. The molecule has 0 saturated carbocycles. The van der Waals surface area contributed by atoms with E-state index >= 15 is 0 Å². The van der Waals surface area contributed by atoms with Crippen LogP contribution in [0.5, 0.6) is 0 Å². The minimum Gasteiger partial charge on any atom is -0.441 e. The first-order valence-electron chi connectivity index (χ1n) is 6.41. The van der Waals surface area contributed by atoms with Gasteiger partial charge in [-0.1, -0.05) is 18.2 Å². The molecule has 108 valence electrons. The summed E-state index contributed by atoms with van der Waals surface area (Å²) in [6.07, 6.45) is 0. The second-order valence-corrected chi connectivity index (χ2v) is 6.47. The molecule has 6 heteroatoms. The van der Waals surface area contributed by atoms with E-state index in [0.29, 0.717) is 22.7 Å². The lowest BCUT2D eigenvalue weighted by atomic mass is 10.2. The lowest BCUT2D eigenvalue weighted by molar-refractivity contribution is 0.561. The third kappa shape index (κ3) is 2.62. The lowest BCUT2D eigenvalue weighted by Gasteiger charge is -2.10. The summed E-state index contributed by atoms with van der Waals surface area (Å²) in [5.41, 5.74) is 2.52. The number of aromatic nitrogens is 1. The largest absolute Gasteiger partial charge is 0.441 e. The highest BCUT2D eigenvalue weighted by Crippen LogP contribution is 2.23. The van der Waals surface area contributed by atoms with Gasteiger partial charge in [-0.3, -0.25) is 4.72 Å². The number of sulfonamides is 1. The number of hydrogen-bond donors (Lipinski definition) is 1. The molecule has 5 nitrogen and oxygen atoms in total. The average Bonchev–Trinajstić information content (AvgIpc) is 2.80. The minimum absolute atomic E-state index is 0.159. The van der Waals surface area contributed by atoms with Gasteiger partial charge < -0.3 is 4.42 Å². The molecule has 0 saturated heterocycles. The van der Waals surface area contributed by atoms with Gasteiger partial charge in [0, 0.05) is 6.92 Å². The van der Waals surface area contributed by atoms with Crippen LogP contribution < -0.4 is 4.72 Å². The van der Waals surface area contributed by atoms with Crippen molar-refractivity contribution in [3.63, 3.8) is 0 Å². The van der Waals surface area contributed by atoms with E-state index in [4.69, 9.17) is 4.42 Å². The van der Waals surface area contributed by atoms with E-state index in [-0.39, 0.29) is 4.90 Å². The number of rotatable bonds is 3. The molecule has 0 unspecified atom stereocenters. The number of aryl methyl sites for hydroxylation is 2. The Balaban J connectivity index is 2.01. The smallest absolute Gasteiger partial charge is 0.261 e. The molecule has 0 fully saturated rings. The van der Waals surface area contributed by atoms with Crippen LogP contribution in [0.4, 0.5) is 5.69 Å². The molecule has 0 bridgehead atoms. The fraction of sp³-hybridized carbons (Fsp3) is 0.133. The summed E-state index contributed by atoms with van der Waals surface area (Å²) < 4.78 is 32.8. The first-order chi connectivity index (χ1) is 9.95. The average molecular weight is 302 g/mol. The van der Waals surface area contributed by atoms with E-state index in [2.05, 4.69) is 9.71 Å². The number of oxazole rings is 1. The van der Waals surface area contributed by atoms with Crippen molar-refractivity contribution < 1.29 is 12.8 Å². The number of nitrogens with one attached hydrogen (secondary N) is 1. The van der Waals surface area contributed by atoms with E-state index in [1.807, 2.05) is 19.1 Å². The molecule has 0 amide bonds. The highest BCUT2D eigenvalue weighted by atomic mass is 32.2. The molecule has 0 aliphatic rings. The third-order valence-corrected chi connectivity index (χ3v) is 4.53. The van der Waals surface area contributed by atoms with Crippen molar-refractivity contribution in [1.29, 1.82) is 0 Å². The van der Waals surface area contributed by atoms with E-state index in [1.165, 1.54) is 12.1 Å². The molecule has 1 N–H and O–H groups in total. The summed E-state index contributed by atoms with van der Waals surface area (Å²) in [4.78, 5) is 4.31. The third-order valence-electron chi connectivity index (χ3n) is 3.17. The maximum absolute atomic E-state index is 12.4. The van der Waals surface area contributed by atoms with Crippen molar-refractivity contribution in [1.82, 2.24) is 4.98 Å². The summed E-state index contributed by atoms with van der Waals surface area (Å²) in [6.45, 7) is 3.57. The van der Waals surface area contributed by atoms with Crippen LogP contribution in [0.15, 0.2) is 51.8 Å². The molecule has 0 aliphatic carbocycles. The first kappa shape index (κ1) is 13.6. The van der Waals surface area contributed by atoms with Crippen LogP contribution in [0.2, 0.25) is 0 Å². The zero-order valence-electron chi connectivity index (χ0n) is 11.6. The van der Waals surface area contributed by atoms with Gasteiger partial charge in [0.1, 0.15) is 5.52 Å². The highest BCUT2D eigenvalue weighted by molar-refractivity contribution is 7.92. The summed E-state index contributed by atoms with van der Waals surface area (Å²) in [5, 5.41) is 0. The molecule has 0 radical (unpaired) electrons. The Labute approximate surface area is 122 Å². The number of anilines is 1. The van der Waals surface area contributed by atoms with Crippen molar-refractivity contribution in [3.05, 3.63) is 53.9 Å². The molecule has 1 aromatic heterocycles. The number of fused-ring (bicyclic) bond motifs is 1. The Morgan fingerprint density at radius 1 is 1.10 bits per heavy atom. The quantitative estimate of drug-likeness (QED) is 0.806. The van der Waals surface area contributed by atoms with Crippen LogP contribution >= 0.6 is 0 Å². The Kier molecular flexibility index (Phi) is 3.17. The minimum atomic E-state index is -3.65. The molecule has 0 spiro atoms. The highest BCUT2D eigenvalue weighted by Gasteiger charge is 2.16. The van der Waals surface area contributed by atoms with Gasteiger partial charge in [0.2, 0.25) is 0 Å². The zero-order chi connectivity index (χ0) is 15.0. The second-order valence-electron chi connectivity index (χ2n) is 4.78. The molecular formula is C15H14N2O3S. The molecule has 0 aliphatic heterocycles.